The fourth-order valence-electron chi connectivity index (χ4n) is 2.46. The number of hydrogen-bond donors (Lipinski definition) is 0. The number of rotatable bonds is 3. The van der Waals surface area contributed by atoms with E-state index in [2.05, 4.69) is 15.9 Å². The molecule has 1 heterocycles. The Bertz CT molecular complexity index is 465. The van der Waals surface area contributed by atoms with Crippen LogP contribution in [0.15, 0.2) is 22.7 Å². The van der Waals surface area contributed by atoms with Gasteiger partial charge in [0, 0.05) is 20.2 Å². The van der Waals surface area contributed by atoms with Crippen LogP contribution in [0.3, 0.4) is 0 Å². The number of amides is 1. The molecule has 0 bridgehead atoms. The molecule has 1 atom stereocenters. The Morgan fingerprint density at radius 3 is 3.11 bits per heavy atom. The summed E-state index contributed by atoms with van der Waals surface area (Å²) in [7, 11) is 1.66. The van der Waals surface area contributed by atoms with Crippen molar-refractivity contribution >= 4 is 21.8 Å². The number of halogens is 2. The molecule has 1 aliphatic heterocycles. The molecule has 1 fully saturated rings. The molecule has 3 nitrogen and oxygen atoms in total. The number of carbonyl (C=O) groups is 1. The highest BCUT2D eigenvalue weighted by Crippen LogP contribution is 2.23. The number of ether oxygens (including phenoxy) is 1. The third kappa shape index (κ3) is 3.34. The molecule has 0 aliphatic carbocycles. The van der Waals surface area contributed by atoms with Gasteiger partial charge in [0.25, 0.3) is 5.91 Å². The van der Waals surface area contributed by atoms with E-state index in [1.807, 2.05) is 0 Å². The molecule has 1 aliphatic rings. The second-order valence-corrected chi connectivity index (χ2v) is 5.67. The fourth-order valence-corrected chi connectivity index (χ4v) is 2.83. The van der Waals surface area contributed by atoms with Gasteiger partial charge in [-0.15, -0.1) is 0 Å². The summed E-state index contributed by atoms with van der Waals surface area (Å²) in [4.78, 5) is 14.1. The highest BCUT2D eigenvalue weighted by molar-refractivity contribution is 9.10. The van der Waals surface area contributed by atoms with Crippen molar-refractivity contribution in [1.29, 1.82) is 0 Å². The van der Waals surface area contributed by atoms with Gasteiger partial charge in [-0.1, -0.05) is 6.07 Å². The smallest absolute Gasteiger partial charge is 0.256 e. The zero-order valence-electron chi connectivity index (χ0n) is 10.9. The van der Waals surface area contributed by atoms with E-state index in [9.17, 15) is 9.18 Å². The standard InChI is InChI=1S/C14H17BrFNO2/c1-19-9-10-4-3-7-17(8-10)14(18)11-5-2-6-12(15)13(11)16/h2,5-6,10H,3-4,7-9H2,1H3. The van der Waals surface area contributed by atoms with E-state index < -0.39 is 5.82 Å². The van der Waals surface area contributed by atoms with Gasteiger partial charge in [0.2, 0.25) is 0 Å². The summed E-state index contributed by atoms with van der Waals surface area (Å²) >= 11 is 3.11. The molecule has 1 amide bonds. The fraction of sp³-hybridized carbons (Fsp3) is 0.500. The van der Waals surface area contributed by atoms with Crippen LogP contribution in [0.5, 0.6) is 0 Å². The monoisotopic (exact) mass is 329 g/mol. The van der Waals surface area contributed by atoms with Gasteiger partial charge in [0.05, 0.1) is 16.6 Å². The van der Waals surface area contributed by atoms with Crippen LogP contribution in [0.1, 0.15) is 23.2 Å². The number of likely N-dealkylation sites (tertiary alicyclic amines) is 1. The van der Waals surface area contributed by atoms with Crippen molar-refractivity contribution in [1.82, 2.24) is 4.90 Å². The molecule has 2 rings (SSSR count). The topological polar surface area (TPSA) is 29.5 Å². The first-order chi connectivity index (χ1) is 9.13. The molecule has 1 aromatic rings. The lowest BCUT2D eigenvalue weighted by Gasteiger charge is -2.32. The predicted octanol–water partition coefficient (Wildman–Crippen LogP) is 3.09. The van der Waals surface area contributed by atoms with Crippen LogP contribution >= 0.6 is 15.9 Å². The van der Waals surface area contributed by atoms with E-state index in [4.69, 9.17) is 4.74 Å². The quantitative estimate of drug-likeness (QED) is 0.852. The van der Waals surface area contributed by atoms with Crippen LogP contribution < -0.4 is 0 Å². The maximum Gasteiger partial charge on any atom is 0.256 e. The summed E-state index contributed by atoms with van der Waals surface area (Å²) in [5, 5.41) is 0. The van der Waals surface area contributed by atoms with Gasteiger partial charge in [-0.2, -0.15) is 0 Å². The van der Waals surface area contributed by atoms with Gasteiger partial charge in [0.1, 0.15) is 5.82 Å². The Morgan fingerprint density at radius 1 is 1.58 bits per heavy atom. The molecule has 1 aromatic carbocycles. The van der Waals surface area contributed by atoms with Crippen LogP contribution in [0.25, 0.3) is 0 Å². The number of nitrogens with zero attached hydrogens (tertiary/aromatic N) is 1. The van der Waals surface area contributed by atoms with E-state index in [1.165, 1.54) is 6.07 Å². The van der Waals surface area contributed by atoms with Crippen molar-refractivity contribution in [3.8, 4) is 0 Å². The third-order valence-corrected chi connectivity index (χ3v) is 4.00. The van der Waals surface area contributed by atoms with Gasteiger partial charge in [-0.3, -0.25) is 4.79 Å². The van der Waals surface area contributed by atoms with Crippen LogP contribution in [0, 0.1) is 11.7 Å². The summed E-state index contributed by atoms with van der Waals surface area (Å²) in [6.45, 7) is 1.97. The molecule has 0 N–H and O–H groups in total. The van der Waals surface area contributed by atoms with E-state index in [0.29, 0.717) is 30.1 Å². The molecule has 0 aromatic heterocycles. The molecule has 1 saturated heterocycles. The predicted molar refractivity (Wildman–Crippen MR) is 74.6 cm³/mol. The van der Waals surface area contributed by atoms with E-state index in [-0.39, 0.29) is 11.5 Å². The first kappa shape index (κ1) is 14.5. The van der Waals surface area contributed by atoms with Crippen molar-refractivity contribution < 1.29 is 13.9 Å². The zero-order chi connectivity index (χ0) is 13.8. The minimum atomic E-state index is -0.485. The van der Waals surface area contributed by atoms with Gasteiger partial charge in [-0.05, 0) is 46.8 Å². The minimum absolute atomic E-state index is 0.132. The summed E-state index contributed by atoms with van der Waals surface area (Å²) in [5.74, 6) is -0.376. The van der Waals surface area contributed by atoms with Crippen LogP contribution in [-0.2, 0) is 4.74 Å². The van der Waals surface area contributed by atoms with Crippen molar-refractivity contribution in [3.05, 3.63) is 34.1 Å². The molecule has 0 saturated carbocycles. The number of benzene rings is 1. The molecule has 0 radical (unpaired) electrons. The molecule has 104 valence electrons. The highest BCUT2D eigenvalue weighted by Gasteiger charge is 2.26. The Morgan fingerprint density at radius 2 is 2.37 bits per heavy atom. The minimum Gasteiger partial charge on any atom is -0.384 e. The Hall–Kier alpha value is -0.940. The van der Waals surface area contributed by atoms with Crippen LogP contribution in [0.2, 0.25) is 0 Å². The van der Waals surface area contributed by atoms with Crippen LogP contribution in [-0.4, -0.2) is 37.6 Å². The molecule has 1 unspecified atom stereocenters. The maximum atomic E-state index is 13.9. The summed E-state index contributed by atoms with van der Waals surface area (Å²) < 4.78 is 19.4. The molecule has 5 heteroatoms. The first-order valence-electron chi connectivity index (χ1n) is 6.35. The number of piperidine rings is 1. The number of hydrogen-bond acceptors (Lipinski definition) is 2. The SMILES string of the molecule is COCC1CCCN(C(=O)c2cccc(Br)c2F)C1. The second kappa shape index (κ2) is 6.48. The Kier molecular flexibility index (Phi) is 4.93. The van der Waals surface area contributed by atoms with E-state index in [0.717, 1.165) is 12.8 Å². The van der Waals surface area contributed by atoms with Crippen molar-refractivity contribution in [2.75, 3.05) is 26.8 Å². The average molecular weight is 330 g/mol. The maximum absolute atomic E-state index is 13.9. The third-order valence-electron chi connectivity index (χ3n) is 3.39. The summed E-state index contributed by atoms with van der Waals surface area (Å²) in [6.07, 6.45) is 1.99. The molecular weight excluding hydrogens is 313 g/mol. The summed E-state index contributed by atoms with van der Waals surface area (Å²) in [6, 6.07) is 4.80. The van der Waals surface area contributed by atoms with Crippen molar-refractivity contribution in [3.63, 3.8) is 0 Å². The molecule has 19 heavy (non-hydrogen) atoms. The first-order valence-corrected chi connectivity index (χ1v) is 7.15. The van der Waals surface area contributed by atoms with Crippen LogP contribution in [0.4, 0.5) is 4.39 Å². The van der Waals surface area contributed by atoms with Gasteiger partial charge >= 0.3 is 0 Å². The van der Waals surface area contributed by atoms with Gasteiger partial charge in [0.15, 0.2) is 0 Å². The highest BCUT2D eigenvalue weighted by atomic mass is 79.9. The molecule has 0 spiro atoms. The van der Waals surface area contributed by atoms with Crippen molar-refractivity contribution in [2.45, 2.75) is 12.8 Å². The van der Waals surface area contributed by atoms with E-state index in [1.54, 1.807) is 24.1 Å². The Balaban J connectivity index is 2.12. The normalized spacial score (nSPS) is 19.5. The lowest BCUT2D eigenvalue weighted by molar-refractivity contribution is 0.0566. The molecular formula is C14H17BrFNO2. The lowest BCUT2D eigenvalue weighted by Crippen LogP contribution is -2.41. The van der Waals surface area contributed by atoms with Crippen molar-refractivity contribution in [2.24, 2.45) is 5.92 Å². The lowest BCUT2D eigenvalue weighted by atomic mass is 9.98. The number of carbonyl (C=O) groups excluding carboxylic acids is 1. The number of methoxy groups -OCH3 is 1. The summed E-state index contributed by atoms with van der Waals surface area (Å²) in [5.41, 5.74) is 0.132. The van der Waals surface area contributed by atoms with Gasteiger partial charge in [-0.25, -0.2) is 4.39 Å². The largest absolute Gasteiger partial charge is 0.384 e. The second-order valence-electron chi connectivity index (χ2n) is 4.82. The Labute approximate surface area is 120 Å². The van der Waals surface area contributed by atoms with E-state index >= 15 is 0 Å². The zero-order valence-corrected chi connectivity index (χ0v) is 12.5. The average Bonchev–Trinajstić information content (AvgIpc) is 2.42. The van der Waals surface area contributed by atoms with Gasteiger partial charge < -0.3 is 9.64 Å².